The minimum absolute atomic E-state index is 0.0117. The number of nitrogens with zero attached hydrogens (tertiary/aromatic N) is 4. The zero-order valence-corrected chi connectivity index (χ0v) is 21.5. The number of piperidine rings is 1. The maximum atomic E-state index is 14.3. The Morgan fingerprint density at radius 2 is 1.76 bits per heavy atom. The quantitative estimate of drug-likeness (QED) is 0.317. The number of rotatable bonds is 6. The van der Waals surface area contributed by atoms with Crippen molar-refractivity contribution in [2.45, 2.75) is 45.2 Å². The van der Waals surface area contributed by atoms with Crippen molar-refractivity contribution >= 4 is 16.8 Å². The van der Waals surface area contributed by atoms with Gasteiger partial charge in [-0.2, -0.15) is 0 Å². The van der Waals surface area contributed by atoms with Crippen molar-refractivity contribution in [1.29, 1.82) is 0 Å². The maximum absolute atomic E-state index is 14.3. The van der Waals surface area contributed by atoms with Gasteiger partial charge in [-0.1, -0.05) is 12.1 Å². The molecule has 0 radical (unpaired) electrons. The fourth-order valence-corrected chi connectivity index (χ4v) is 5.19. The van der Waals surface area contributed by atoms with Crippen LogP contribution >= 0.6 is 0 Å². The van der Waals surface area contributed by atoms with Crippen LogP contribution in [0.4, 0.5) is 8.78 Å². The lowest BCUT2D eigenvalue weighted by Crippen LogP contribution is -2.33. The Balaban J connectivity index is 1.45. The second kappa shape index (κ2) is 10.4. The highest BCUT2D eigenvalue weighted by Gasteiger charge is 2.26. The molecule has 2 aromatic heterocycles. The molecule has 0 spiro atoms. The van der Waals surface area contributed by atoms with Gasteiger partial charge in [0.1, 0.15) is 11.6 Å². The molecule has 3 heterocycles. The van der Waals surface area contributed by atoms with Gasteiger partial charge < -0.3 is 9.47 Å². The van der Waals surface area contributed by atoms with Crippen molar-refractivity contribution in [2.75, 3.05) is 20.1 Å². The van der Waals surface area contributed by atoms with Crippen molar-refractivity contribution in [1.82, 2.24) is 19.4 Å². The molecule has 1 aliphatic rings. The Morgan fingerprint density at radius 3 is 2.46 bits per heavy atom. The van der Waals surface area contributed by atoms with E-state index in [2.05, 4.69) is 16.1 Å². The van der Waals surface area contributed by atoms with E-state index in [-0.39, 0.29) is 17.8 Å². The van der Waals surface area contributed by atoms with Gasteiger partial charge in [-0.15, -0.1) is 0 Å². The first-order valence-electron chi connectivity index (χ1n) is 12.8. The third-order valence-electron chi connectivity index (χ3n) is 7.53. The van der Waals surface area contributed by atoms with Crippen LogP contribution in [0.1, 0.15) is 54.1 Å². The molecule has 1 aliphatic heterocycles. The highest BCUT2D eigenvalue weighted by atomic mass is 19.1. The number of halogens is 2. The minimum Gasteiger partial charge on any atom is -0.339 e. The van der Waals surface area contributed by atoms with Crippen molar-refractivity contribution in [3.63, 3.8) is 0 Å². The summed E-state index contributed by atoms with van der Waals surface area (Å²) in [5.74, 6) is -0.512. The number of fused-ring (bicyclic) bond motifs is 1. The molecule has 192 valence electrons. The lowest BCUT2D eigenvalue weighted by molar-refractivity contribution is 0.0754. The largest absolute Gasteiger partial charge is 0.339 e. The standard InChI is InChI=1S/C30H32F2N4O/c1-20(2)34(3)30(37)26-16-24(32)8-9-28(26)36-19-27(25-10-13-33-17-29(25)36)22-11-14-35(15-12-22)18-21-4-6-23(31)7-5-21/h4-10,13,16-17,19-20,22H,11-12,14-15,18H2,1-3H3. The first kappa shape index (κ1) is 25.1. The summed E-state index contributed by atoms with van der Waals surface area (Å²) in [6.07, 6.45) is 7.70. The lowest BCUT2D eigenvalue weighted by atomic mass is 9.89. The van der Waals surface area contributed by atoms with E-state index >= 15 is 0 Å². The monoisotopic (exact) mass is 502 g/mol. The molecule has 4 aromatic rings. The number of amides is 1. The van der Waals surface area contributed by atoms with Crippen LogP contribution in [0.2, 0.25) is 0 Å². The number of carbonyl (C=O) groups is 1. The van der Waals surface area contributed by atoms with Gasteiger partial charge in [-0.05, 0) is 93.2 Å². The Hall–Kier alpha value is -3.58. The molecule has 1 amide bonds. The topological polar surface area (TPSA) is 41.4 Å². The molecule has 1 fully saturated rings. The number of benzene rings is 2. The van der Waals surface area contributed by atoms with E-state index in [0.717, 1.165) is 48.9 Å². The summed E-state index contributed by atoms with van der Waals surface area (Å²) in [5, 5.41) is 1.10. The summed E-state index contributed by atoms with van der Waals surface area (Å²) in [6.45, 7) is 6.57. The first-order chi connectivity index (χ1) is 17.8. The summed E-state index contributed by atoms with van der Waals surface area (Å²) in [7, 11) is 1.74. The molecule has 7 heteroatoms. The average molecular weight is 503 g/mol. The number of pyridine rings is 1. The number of hydrogen-bond acceptors (Lipinski definition) is 3. The third kappa shape index (κ3) is 5.14. The highest BCUT2D eigenvalue weighted by molar-refractivity contribution is 5.99. The molecule has 0 saturated carbocycles. The van der Waals surface area contributed by atoms with Crippen LogP contribution in [0.25, 0.3) is 16.6 Å². The lowest BCUT2D eigenvalue weighted by Gasteiger charge is -2.32. The molecule has 0 bridgehead atoms. The predicted octanol–water partition coefficient (Wildman–Crippen LogP) is 6.16. The predicted molar refractivity (Wildman–Crippen MR) is 142 cm³/mol. The van der Waals surface area contributed by atoms with Crippen LogP contribution < -0.4 is 0 Å². The van der Waals surface area contributed by atoms with Gasteiger partial charge in [-0.25, -0.2) is 8.78 Å². The van der Waals surface area contributed by atoms with E-state index in [1.165, 1.54) is 29.8 Å². The molecule has 1 saturated heterocycles. The number of carbonyl (C=O) groups excluding carboxylic acids is 1. The van der Waals surface area contributed by atoms with Crippen LogP contribution in [-0.2, 0) is 6.54 Å². The van der Waals surface area contributed by atoms with Gasteiger partial charge in [0.15, 0.2) is 0 Å². The zero-order chi connectivity index (χ0) is 26.1. The molecular weight excluding hydrogens is 470 g/mol. The minimum atomic E-state index is -0.437. The smallest absolute Gasteiger partial charge is 0.256 e. The third-order valence-corrected chi connectivity index (χ3v) is 7.53. The Bertz CT molecular complexity index is 1410. The molecule has 0 aliphatic carbocycles. The van der Waals surface area contributed by atoms with Crippen LogP contribution in [0.3, 0.4) is 0 Å². The molecule has 0 unspecified atom stereocenters. The van der Waals surface area contributed by atoms with Gasteiger partial charge in [-0.3, -0.25) is 14.7 Å². The van der Waals surface area contributed by atoms with Crippen LogP contribution in [-0.4, -0.2) is 51.4 Å². The summed E-state index contributed by atoms with van der Waals surface area (Å²) >= 11 is 0. The van der Waals surface area contributed by atoms with Crippen molar-refractivity contribution in [3.8, 4) is 5.69 Å². The SMILES string of the molecule is CC(C)N(C)C(=O)c1cc(F)ccc1-n1cc(C2CCN(Cc3ccc(F)cc3)CC2)c2ccncc21. The van der Waals surface area contributed by atoms with Crippen LogP contribution in [0.15, 0.2) is 67.1 Å². The number of hydrogen-bond donors (Lipinski definition) is 0. The highest BCUT2D eigenvalue weighted by Crippen LogP contribution is 2.36. The summed E-state index contributed by atoms with van der Waals surface area (Å²) in [4.78, 5) is 21.7. The summed E-state index contributed by atoms with van der Waals surface area (Å²) in [5.41, 5.74) is 4.22. The van der Waals surface area contributed by atoms with E-state index in [1.807, 2.05) is 42.8 Å². The fourth-order valence-electron chi connectivity index (χ4n) is 5.19. The molecule has 5 nitrogen and oxygen atoms in total. The average Bonchev–Trinajstić information content (AvgIpc) is 3.29. The molecule has 2 aromatic carbocycles. The molecule has 5 rings (SSSR count). The first-order valence-corrected chi connectivity index (χ1v) is 12.8. The normalized spacial score (nSPS) is 15.0. The Morgan fingerprint density at radius 1 is 1.05 bits per heavy atom. The zero-order valence-electron chi connectivity index (χ0n) is 21.5. The van der Waals surface area contributed by atoms with Gasteiger partial charge in [0, 0.05) is 37.4 Å². The molecule has 0 N–H and O–H groups in total. The molecule has 37 heavy (non-hydrogen) atoms. The fraction of sp³-hybridized carbons (Fsp3) is 0.333. The van der Waals surface area contributed by atoms with E-state index < -0.39 is 5.82 Å². The van der Waals surface area contributed by atoms with Crippen molar-refractivity contribution < 1.29 is 13.6 Å². The van der Waals surface area contributed by atoms with Crippen LogP contribution in [0.5, 0.6) is 0 Å². The van der Waals surface area contributed by atoms with E-state index in [1.54, 1.807) is 24.2 Å². The molecular formula is C30H32F2N4O. The summed E-state index contributed by atoms with van der Waals surface area (Å²) < 4.78 is 29.5. The van der Waals surface area contributed by atoms with Gasteiger partial charge in [0.05, 0.1) is 23.0 Å². The number of likely N-dealkylation sites (tertiary alicyclic amines) is 1. The van der Waals surface area contributed by atoms with Gasteiger partial charge >= 0.3 is 0 Å². The van der Waals surface area contributed by atoms with E-state index in [0.29, 0.717) is 17.2 Å². The second-order valence-electron chi connectivity index (χ2n) is 10.2. The van der Waals surface area contributed by atoms with Crippen molar-refractivity contribution in [3.05, 3.63) is 95.4 Å². The Labute approximate surface area is 216 Å². The van der Waals surface area contributed by atoms with Gasteiger partial charge in [0.2, 0.25) is 0 Å². The van der Waals surface area contributed by atoms with Crippen LogP contribution in [0, 0.1) is 11.6 Å². The molecule has 0 atom stereocenters. The second-order valence-corrected chi connectivity index (χ2v) is 10.2. The maximum Gasteiger partial charge on any atom is 0.256 e. The Kier molecular flexibility index (Phi) is 7.07. The van der Waals surface area contributed by atoms with Gasteiger partial charge in [0.25, 0.3) is 5.91 Å². The summed E-state index contributed by atoms with van der Waals surface area (Å²) in [6, 6.07) is 13.1. The number of aromatic nitrogens is 2. The van der Waals surface area contributed by atoms with E-state index in [9.17, 15) is 13.6 Å². The van der Waals surface area contributed by atoms with E-state index in [4.69, 9.17) is 0 Å². The van der Waals surface area contributed by atoms with Crippen molar-refractivity contribution in [2.24, 2.45) is 0 Å².